The van der Waals surface area contributed by atoms with Gasteiger partial charge in [0.1, 0.15) is 6.29 Å². The monoisotopic (exact) mass is 202 g/mol. The van der Waals surface area contributed by atoms with Gasteiger partial charge in [-0.15, -0.1) is 0 Å². The average Bonchev–Trinajstić information content (AvgIpc) is 2.70. The van der Waals surface area contributed by atoms with E-state index in [0.717, 1.165) is 17.2 Å². The molecule has 0 radical (unpaired) electrons. The van der Waals surface area contributed by atoms with Gasteiger partial charge in [0.25, 0.3) is 0 Å². The number of fused-ring (bicyclic) bond motifs is 1. The fraction of sp³-hybridized carbons (Fsp3) is 0.0909. The number of hydrogen-bond acceptors (Lipinski definition) is 3. The maximum Gasteiger partial charge on any atom is 0.192 e. The maximum atomic E-state index is 11.3. The highest BCUT2D eigenvalue weighted by Crippen LogP contribution is 2.16. The highest BCUT2D eigenvalue weighted by Gasteiger charge is 2.07. The minimum atomic E-state index is -0.140. The third-order valence-corrected chi connectivity index (χ3v) is 2.27. The molecule has 2 aromatic rings. The number of aromatic nitrogens is 1. The van der Waals surface area contributed by atoms with Crippen molar-refractivity contribution in [2.45, 2.75) is 0 Å². The largest absolute Gasteiger partial charge is 0.352 e. The number of hydrogen-bond donors (Lipinski definition) is 2. The van der Waals surface area contributed by atoms with Gasteiger partial charge in [0.2, 0.25) is 0 Å². The van der Waals surface area contributed by atoms with E-state index in [-0.39, 0.29) is 12.3 Å². The van der Waals surface area contributed by atoms with Crippen LogP contribution in [0.2, 0.25) is 0 Å². The Hall–Kier alpha value is -1.94. The zero-order valence-corrected chi connectivity index (χ0v) is 7.99. The van der Waals surface area contributed by atoms with E-state index < -0.39 is 0 Å². The Balaban J connectivity index is 2.55. The Morgan fingerprint density at radius 2 is 2.20 bits per heavy atom. The first kappa shape index (κ1) is 9.61. The molecule has 0 saturated heterocycles. The summed E-state index contributed by atoms with van der Waals surface area (Å²) >= 11 is 0. The Labute approximate surface area is 86.1 Å². The van der Waals surface area contributed by atoms with Crippen molar-refractivity contribution in [2.75, 3.05) is 6.54 Å². The molecule has 0 bridgehead atoms. The van der Waals surface area contributed by atoms with Crippen LogP contribution < -0.4 is 5.73 Å². The molecule has 0 fully saturated rings. The van der Waals surface area contributed by atoms with Gasteiger partial charge in [-0.05, 0) is 24.3 Å². The van der Waals surface area contributed by atoms with Crippen molar-refractivity contribution in [2.24, 2.45) is 5.73 Å². The second-order valence-corrected chi connectivity index (χ2v) is 3.27. The van der Waals surface area contributed by atoms with Crippen LogP contribution in [0.1, 0.15) is 20.8 Å². The van der Waals surface area contributed by atoms with E-state index in [4.69, 9.17) is 5.73 Å². The highest BCUT2D eigenvalue weighted by atomic mass is 16.1. The molecule has 0 aliphatic rings. The van der Waals surface area contributed by atoms with Crippen LogP contribution in [-0.4, -0.2) is 23.6 Å². The van der Waals surface area contributed by atoms with Crippen molar-refractivity contribution < 1.29 is 9.59 Å². The molecule has 76 valence electrons. The smallest absolute Gasteiger partial charge is 0.192 e. The van der Waals surface area contributed by atoms with Crippen LogP contribution in [0.15, 0.2) is 24.3 Å². The van der Waals surface area contributed by atoms with E-state index in [0.29, 0.717) is 11.3 Å². The molecule has 0 saturated carbocycles. The molecule has 4 heteroatoms. The minimum absolute atomic E-state index is 0.0205. The van der Waals surface area contributed by atoms with Crippen LogP contribution in [0.25, 0.3) is 10.9 Å². The van der Waals surface area contributed by atoms with E-state index >= 15 is 0 Å². The number of nitrogens with two attached hydrogens (primary N) is 1. The number of benzene rings is 1. The van der Waals surface area contributed by atoms with Crippen molar-refractivity contribution in [1.82, 2.24) is 4.98 Å². The molecule has 1 aromatic carbocycles. The predicted octanol–water partition coefficient (Wildman–Crippen LogP) is 1.12. The number of aldehydes is 1. The lowest BCUT2D eigenvalue weighted by molar-refractivity contribution is 0.0997. The normalized spacial score (nSPS) is 10.5. The first-order valence-electron chi connectivity index (χ1n) is 4.56. The lowest BCUT2D eigenvalue weighted by atomic mass is 10.2. The van der Waals surface area contributed by atoms with E-state index in [1.165, 1.54) is 0 Å². The predicted molar refractivity (Wildman–Crippen MR) is 57.1 cm³/mol. The van der Waals surface area contributed by atoms with Crippen LogP contribution >= 0.6 is 0 Å². The third-order valence-electron chi connectivity index (χ3n) is 2.27. The summed E-state index contributed by atoms with van der Waals surface area (Å²) in [6.07, 6.45) is 0.775. The Kier molecular flexibility index (Phi) is 2.35. The lowest BCUT2D eigenvalue weighted by Crippen LogP contribution is -2.13. The lowest BCUT2D eigenvalue weighted by Gasteiger charge is -1.90. The SMILES string of the molecule is NCC(=O)c1cc2cc(C=O)ccc2[nH]1. The highest BCUT2D eigenvalue weighted by molar-refractivity contribution is 6.01. The maximum absolute atomic E-state index is 11.3. The average molecular weight is 202 g/mol. The van der Waals surface area contributed by atoms with Crippen LogP contribution in [0, 0.1) is 0 Å². The molecule has 0 atom stereocenters. The summed E-state index contributed by atoms with van der Waals surface area (Å²) in [6, 6.07) is 6.90. The van der Waals surface area contributed by atoms with E-state index in [9.17, 15) is 9.59 Å². The summed E-state index contributed by atoms with van der Waals surface area (Å²) in [5.74, 6) is -0.140. The molecule has 1 heterocycles. The molecule has 4 nitrogen and oxygen atoms in total. The van der Waals surface area contributed by atoms with Crippen molar-refractivity contribution in [3.63, 3.8) is 0 Å². The van der Waals surface area contributed by atoms with Crippen LogP contribution in [0.3, 0.4) is 0 Å². The standard InChI is InChI=1S/C11H10N2O2/c12-5-11(15)10-4-8-3-7(6-14)1-2-9(8)13-10/h1-4,6,13H,5,12H2. The number of rotatable bonds is 3. The molecule has 15 heavy (non-hydrogen) atoms. The Morgan fingerprint density at radius 3 is 2.87 bits per heavy atom. The van der Waals surface area contributed by atoms with Crippen LogP contribution in [-0.2, 0) is 0 Å². The summed E-state index contributed by atoms with van der Waals surface area (Å²) in [7, 11) is 0. The molecule has 0 amide bonds. The minimum Gasteiger partial charge on any atom is -0.352 e. The van der Waals surface area contributed by atoms with E-state index in [2.05, 4.69) is 4.98 Å². The number of Topliss-reactive ketones (excluding diaryl/α,β-unsaturated/α-hetero) is 1. The first-order chi connectivity index (χ1) is 7.24. The summed E-state index contributed by atoms with van der Waals surface area (Å²) in [4.78, 5) is 24.8. The summed E-state index contributed by atoms with van der Waals surface area (Å²) in [6.45, 7) is -0.0205. The molecule has 3 N–H and O–H groups in total. The molecule has 2 rings (SSSR count). The fourth-order valence-electron chi connectivity index (χ4n) is 1.48. The quantitative estimate of drug-likeness (QED) is 0.578. The number of carbonyl (C=O) groups excluding carboxylic acids is 2. The number of H-pyrrole nitrogens is 1. The summed E-state index contributed by atoms with van der Waals surface area (Å²) in [5, 5.41) is 0.844. The Bertz CT molecular complexity index is 528. The number of nitrogens with one attached hydrogen (secondary N) is 1. The molecule has 1 aromatic heterocycles. The first-order valence-corrected chi connectivity index (χ1v) is 4.56. The molecule has 0 spiro atoms. The van der Waals surface area contributed by atoms with Gasteiger partial charge >= 0.3 is 0 Å². The van der Waals surface area contributed by atoms with Gasteiger partial charge in [-0.3, -0.25) is 9.59 Å². The van der Waals surface area contributed by atoms with Crippen molar-refractivity contribution in [3.8, 4) is 0 Å². The van der Waals surface area contributed by atoms with Crippen LogP contribution in [0.4, 0.5) is 0 Å². The fourth-order valence-corrected chi connectivity index (χ4v) is 1.48. The molecular weight excluding hydrogens is 192 g/mol. The van der Waals surface area contributed by atoms with Gasteiger partial charge in [0, 0.05) is 16.5 Å². The van der Waals surface area contributed by atoms with Crippen molar-refractivity contribution in [1.29, 1.82) is 0 Å². The van der Waals surface area contributed by atoms with Gasteiger partial charge in [-0.25, -0.2) is 0 Å². The topological polar surface area (TPSA) is 76.0 Å². The Morgan fingerprint density at radius 1 is 1.40 bits per heavy atom. The molecule has 0 unspecified atom stereocenters. The zero-order chi connectivity index (χ0) is 10.8. The second kappa shape index (κ2) is 3.67. The van der Waals surface area contributed by atoms with E-state index in [1.54, 1.807) is 24.3 Å². The zero-order valence-electron chi connectivity index (χ0n) is 7.99. The number of ketones is 1. The summed E-state index contributed by atoms with van der Waals surface area (Å²) in [5.41, 5.74) is 7.16. The third kappa shape index (κ3) is 1.67. The molecule has 0 aliphatic heterocycles. The van der Waals surface area contributed by atoms with E-state index in [1.807, 2.05) is 0 Å². The van der Waals surface area contributed by atoms with Gasteiger partial charge in [0.15, 0.2) is 5.78 Å². The van der Waals surface area contributed by atoms with Gasteiger partial charge < -0.3 is 10.7 Å². The second-order valence-electron chi connectivity index (χ2n) is 3.27. The van der Waals surface area contributed by atoms with Crippen LogP contribution in [0.5, 0.6) is 0 Å². The van der Waals surface area contributed by atoms with Gasteiger partial charge in [-0.2, -0.15) is 0 Å². The molecule has 0 aliphatic carbocycles. The summed E-state index contributed by atoms with van der Waals surface area (Å²) < 4.78 is 0. The number of aromatic amines is 1. The molecular formula is C11H10N2O2. The van der Waals surface area contributed by atoms with Gasteiger partial charge in [-0.1, -0.05) is 0 Å². The van der Waals surface area contributed by atoms with Crippen molar-refractivity contribution >= 4 is 23.0 Å². The van der Waals surface area contributed by atoms with Crippen molar-refractivity contribution in [3.05, 3.63) is 35.5 Å². The van der Waals surface area contributed by atoms with Gasteiger partial charge in [0.05, 0.1) is 12.2 Å². The number of carbonyl (C=O) groups is 2.